The summed E-state index contributed by atoms with van der Waals surface area (Å²) in [6.45, 7) is 4.96. The number of carbonyl (C=O) groups excluding carboxylic acids is 2. The van der Waals surface area contributed by atoms with Gasteiger partial charge < -0.3 is 4.74 Å². The molecule has 3 aromatic rings. The molecule has 0 aliphatic carbocycles. The van der Waals surface area contributed by atoms with E-state index < -0.39 is 17.6 Å². The topological polar surface area (TPSA) is 59.5 Å². The molecule has 0 spiro atoms. The first-order valence-corrected chi connectivity index (χ1v) is 10.1. The van der Waals surface area contributed by atoms with Gasteiger partial charge in [0.25, 0.3) is 0 Å². The normalized spacial score (nSPS) is 10.7. The maximum absolute atomic E-state index is 13.3. The van der Waals surface area contributed by atoms with Crippen LogP contribution in [0.3, 0.4) is 0 Å². The molecule has 30 heavy (non-hydrogen) atoms. The molecule has 0 saturated carbocycles. The Kier molecular flexibility index (Phi) is 6.48. The van der Waals surface area contributed by atoms with E-state index in [4.69, 9.17) is 16.3 Å². The van der Waals surface area contributed by atoms with E-state index in [1.165, 1.54) is 23.2 Å². The molecule has 0 atom stereocenters. The lowest BCUT2D eigenvalue weighted by atomic mass is 10.1. The van der Waals surface area contributed by atoms with Gasteiger partial charge in [-0.2, -0.15) is 0 Å². The van der Waals surface area contributed by atoms with Crippen molar-refractivity contribution in [1.29, 1.82) is 0 Å². The zero-order valence-corrected chi connectivity index (χ0v) is 17.9. The Labute approximate surface area is 180 Å². The summed E-state index contributed by atoms with van der Waals surface area (Å²) in [5.41, 5.74) is 2.61. The molecular weight excluding hydrogens is 434 g/mol. The second kappa shape index (κ2) is 8.89. The van der Waals surface area contributed by atoms with Gasteiger partial charge in [-0.3, -0.25) is 9.69 Å². The summed E-state index contributed by atoms with van der Waals surface area (Å²) in [5.74, 6) is -3.28. The molecule has 0 N–H and O–H groups in total. The van der Waals surface area contributed by atoms with E-state index in [1.807, 2.05) is 19.9 Å². The largest absolute Gasteiger partial charge is 0.456 e. The number of nitrogens with zero attached hydrogens (tertiary/aromatic N) is 2. The molecule has 0 unspecified atom stereocenters. The summed E-state index contributed by atoms with van der Waals surface area (Å²) in [4.78, 5) is 30.2. The van der Waals surface area contributed by atoms with Crippen molar-refractivity contribution < 1.29 is 23.1 Å². The van der Waals surface area contributed by atoms with Crippen molar-refractivity contribution in [3.05, 3.63) is 74.8 Å². The minimum Gasteiger partial charge on any atom is -0.456 e. The van der Waals surface area contributed by atoms with Crippen molar-refractivity contribution in [1.82, 2.24) is 4.98 Å². The fourth-order valence-electron chi connectivity index (χ4n) is 2.89. The molecule has 3 rings (SSSR count). The predicted molar refractivity (Wildman–Crippen MR) is 111 cm³/mol. The highest BCUT2D eigenvalue weighted by Gasteiger charge is 2.23. The Balaban J connectivity index is 1.79. The van der Waals surface area contributed by atoms with E-state index in [0.29, 0.717) is 21.5 Å². The lowest BCUT2D eigenvalue weighted by Crippen LogP contribution is -2.24. The molecule has 156 valence electrons. The van der Waals surface area contributed by atoms with Gasteiger partial charge in [0.2, 0.25) is 5.91 Å². The fourth-order valence-corrected chi connectivity index (χ4v) is 4.15. The number of amides is 1. The highest BCUT2D eigenvalue weighted by molar-refractivity contribution is 7.14. The summed E-state index contributed by atoms with van der Waals surface area (Å²) in [5, 5.41) is 2.43. The van der Waals surface area contributed by atoms with Crippen LogP contribution in [0.25, 0.3) is 0 Å². The lowest BCUT2D eigenvalue weighted by Gasteiger charge is -2.22. The van der Waals surface area contributed by atoms with Gasteiger partial charge in [0.15, 0.2) is 16.8 Å². The van der Waals surface area contributed by atoms with Gasteiger partial charge in [-0.05, 0) is 49.2 Å². The Morgan fingerprint density at radius 3 is 2.53 bits per heavy atom. The van der Waals surface area contributed by atoms with Crippen molar-refractivity contribution in [2.45, 2.75) is 27.4 Å². The Bertz CT molecular complexity index is 1110. The first kappa shape index (κ1) is 21.9. The number of halogens is 3. The number of hydrogen-bond donors (Lipinski definition) is 0. The van der Waals surface area contributed by atoms with E-state index in [1.54, 1.807) is 11.4 Å². The van der Waals surface area contributed by atoms with E-state index in [2.05, 4.69) is 4.98 Å². The number of aromatic nitrogens is 1. The van der Waals surface area contributed by atoms with Gasteiger partial charge in [0, 0.05) is 12.3 Å². The number of rotatable bonds is 5. The molecule has 5 nitrogen and oxygen atoms in total. The standard InChI is InChI=1S/C21H17ClF2N2O3S/c1-11-6-12(2)19(16(22)7-11)26(13(3)27)21-25-15(10-30-21)9-29-20(28)14-4-5-17(23)18(24)8-14/h4-8,10H,9H2,1-3H3. The van der Waals surface area contributed by atoms with E-state index in [9.17, 15) is 18.4 Å². The van der Waals surface area contributed by atoms with Crippen molar-refractivity contribution in [2.24, 2.45) is 0 Å². The molecule has 1 aromatic heterocycles. The molecule has 0 radical (unpaired) electrons. The molecule has 9 heteroatoms. The third kappa shape index (κ3) is 4.66. The number of aryl methyl sites for hydroxylation is 2. The summed E-state index contributed by atoms with van der Waals surface area (Å²) in [7, 11) is 0. The highest BCUT2D eigenvalue weighted by Crippen LogP contribution is 2.37. The van der Waals surface area contributed by atoms with Crippen molar-refractivity contribution >= 4 is 45.6 Å². The number of hydrogen-bond acceptors (Lipinski definition) is 5. The Hall–Kier alpha value is -2.84. The minimum atomic E-state index is -1.14. The first-order chi connectivity index (χ1) is 14.2. The number of anilines is 2. The van der Waals surface area contributed by atoms with Crippen LogP contribution in [-0.4, -0.2) is 16.9 Å². The van der Waals surface area contributed by atoms with Crippen molar-refractivity contribution in [3.8, 4) is 0 Å². The van der Waals surface area contributed by atoms with Crippen molar-refractivity contribution in [3.63, 3.8) is 0 Å². The van der Waals surface area contributed by atoms with Crippen LogP contribution in [0.2, 0.25) is 5.02 Å². The molecule has 1 amide bonds. The highest BCUT2D eigenvalue weighted by atomic mass is 35.5. The zero-order valence-electron chi connectivity index (χ0n) is 16.3. The first-order valence-electron chi connectivity index (χ1n) is 8.81. The monoisotopic (exact) mass is 450 g/mol. The summed E-state index contributed by atoms with van der Waals surface area (Å²) >= 11 is 7.57. The third-order valence-electron chi connectivity index (χ3n) is 4.17. The number of ether oxygens (including phenoxy) is 1. The maximum Gasteiger partial charge on any atom is 0.338 e. The van der Waals surface area contributed by atoms with Gasteiger partial charge in [-0.1, -0.05) is 17.7 Å². The van der Waals surface area contributed by atoms with Gasteiger partial charge in [0.05, 0.1) is 22.0 Å². The van der Waals surface area contributed by atoms with E-state index >= 15 is 0 Å². The van der Waals surface area contributed by atoms with Crippen LogP contribution in [0.1, 0.15) is 34.1 Å². The predicted octanol–water partition coefficient (Wildman–Crippen LogP) is 5.73. The van der Waals surface area contributed by atoms with Gasteiger partial charge in [-0.25, -0.2) is 18.6 Å². The summed E-state index contributed by atoms with van der Waals surface area (Å²) in [6.07, 6.45) is 0. The average molecular weight is 451 g/mol. The molecule has 0 bridgehead atoms. The van der Waals surface area contributed by atoms with Gasteiger partial charge in [0.1, 0.15) is 6.61 Å². The number of benzene rings is 2. The van der Waals surface area contributed by atoms with Crippen molar-refractivity contribution in [2.75, 3.05) is 4.90 Å². The number of thiazole rings is 1. The maximum atomic E-state index is 13.3. The molecular formula is C21H17ClF2N2O3S. The van der Waals surface area contributed by atoms with Crippen LogP contribution >= 0.6 is 22.9 Å². The molecule has 0 aliphatic rings. The molecule has 0 fully saturated rings. The smallest absolute Gasteiger partial charge is 0.338 e. The van der Waals surface area contributed by atoms with Crippen LogP contribution in [0.4, 0.5) is 19.6 Å². The van der Waals surface area contributed by atoms with Gasteiger partial charge >= 0.3 is 5.97 Å². The molecule has 0 saturated heterocycles. The third-order valence-corrected chi connectivity index (χ3v) is 5.34. The van der Waals surface area contributed by atoms with Crippen LogP contribution < -0.4 is 4.90 Å². The summed E-state index contributed by atoms with van der Waals surface area (Å²) in [6, 6.07) is 6.43. The Morgan fingerprint density at radius 2 is 1.90 bits per heavy atom. The molecule has 0 aliphatic heterocycles. The van der Waals surface area contributed by atoms with Crippen LogP contribution in [0.15, 0.2) is 35.7 Å². The second-order valence-corrected chi connectivity index (χ2v) is 7.84. The Morgan fingerprint density at radius 1 is 1.17 bits per heavy atom. The quantitative estimate of drug-likeness (QED) is 0.465. The average Bonchev–Trinajstić information content (AvgIpc) is 3.12. The minimum absolute atomic E-state index is 0.114. The second-order valence-electron chi connectivity index (χ2n) is 6.59. The number of esters is 1. The van der Waals surface area contributed by atoms with Crippen LogP contribution in [-0.2, 0) is 16.1 Å². The SMILES string of the molecule is CC(=O)N(c1nc(COC(=O)c2ccc(F)c(F)c2)cs1)c1c(C)cc(C)cc1Cl. The lowest BCUT2D eigenvalue weighted by molar-refractivity contribution is -0.115. The number of carbonyl (C=O) groups is 2. The molecule has 2 aromatic carbocycles. The molecule has 1 heterocycles. The summed E-state index contributed by atoms with van der Waals surface area (Å²) < 4.78 is 31.4. The fraction of sp³-hybridized carbons (Fsp3) is 0.190. The zero-order chi connectivity index (χ0) is 22.0. The van der Waals surface area contributed by atoms with E-state index in [0.717, 1.165) is 29.3 Å². The van der Waals surface area contributed by atoms with Crippen LogP contribution in [0, 0.1) is 25.5 Å². The van der Waals surface area contributed by atoms with Crippen LogP contribution in [0.5, 0.6) is 0 Å². The van der Waals surface area contributed by atoms with Gasteiger partial charge in [-0.15, -0.1) is 11.3 Å². The van der Waals surface area contributed by atoms with E-state index in [-0.39, 0.29) is 18.1 Å².